The summed E-state index contributed by atoms with van der Waals surface area (Å²) >= 11 is 5.41. The van der Waals surface area contributed by atoms with Crippen molar-refractivity contribution in [2.45, 2.75) is 6.92 Å². The molecular weight excluding hydrogens is 268 g/mol. The first-order chi connectivity index (χ1) is 9.70. The van der Waals surface area contributed by atoms with Crippen LogP contribution in [0.5, 0.6) is 5.75 Å². The molecule has 4 heteroatoms. The van der Waals surface area contributed by atoms with E-state index in [4.69, 9.17) is 17.0 Å². The van der Waals surface area contributed by atoms with Crippen LogP contribution in [0.15, 0.2) is 54.6 Å². The van der Waals surface area contributed by atoms with Crippen molar-refractivity contribution in [2.75, 3.05) is 23.9 Å². The van der Waals surface area contributed by atoms with E-state index >= 15 is 0 Å². The molecule has 0 fully saturated rings. The maximum atomic E-state index is 5.43. The quantitative estimate of drug-likeness (QED) is 0.861. The lowest BCUT2D eigenvalue weighted by molar-refractivity contribution is 0.340. The van der Waals surface area contributed by atoms with Crippen molar-refractivity contribution in [2.24, 2.45) is 0 Å². The van der Waals surface area contributed by atoms with Crippen LogP contribution in [-0.2, 0) is 0 Å². The van der Waals surface area contributed by atoms with Crippen LogP contribution in [0.1, 0.15) is 6.92 Å². The molecule has 2 aromatic carbocycles. The highest BCUT2D eigenvalue weighted by atomic mass is 32.1. The summed E-state index contributed by atoms with van der Waals surface area (Å²) in [6, 6.07) is 17.8. The van der Waals surface area contributed by atoms with E-state index in [-0.39, 0.29) is 0 Å². The Balaban J connectivity index is 2.02. The van der Waals surface area contributed by atoms with Crippen molar-refractivity contribution in [3.63, 3.8) is 0 Å². The molecule has 0 aliphatic heterocycles. The van der Waals surface area contributed by atoms with E-state index in [1.807, 2.05) is 73.5 Å². The summed E-state index contributed by atoms with van der Waals surface area (Å²) in [5, 5.41) is 3.86. The molecule has 0 saturated heterocycles. The lowest BCUT2D eigenvalue weighted by atomic mass is 10.3. The van der Waals surface area contributed by atoms with Crippen molar-refractivity contribution in [3.8, 4) is 5.75 Å². The van der Waals surface area contributed by atoms with Gasteiger partial charge in [0.15, 0.2) is 5.11 Å². The topological polar surface area (TPSA) is 24.5 Å². The van der Waals surface area contributed by atoms with Gasteiger partial charge >= 0.3 is 0 Å². The molecule has 0 heterocycles. The Hall–Kier alpha value is -2.07. The number of benzene rings is 2. The summed E-state index contributed by atoms with van der Waals surface area (Å²) in [5.74, 6) is 0.867. The molecule has 0 spiro atoms. The third kappa shape index (κ3) is 3.71. The minimum atomic E-state index is 0.653. The Kier molecular flexibility index (Phi) is 4.96. The van der Waals surface area contributed by atoms with Crippen LogP contribution < -0.4 is 15.0 Å². The predicted molar refractivity (Wildman–Crippen MR) is 88.7 cm³/mol. The van der Waals surface area contributed by atoms with Gasteiger partial charge in [0, 0.05) is 18.4 Å². The van der Waals surface area contributed by atoms with Gasteiger partial charge in [0.05, 0.1) is 6.61 Å². The van der Waals surface area contributed by atoms with Crippen LogP contribution in [0.2, 0.25) is 0 Å². The van der Waals surface area contributed by atoms with Gasteiger partial charge in [0.25, 0.3) is 0 Å². The Morgan fingerprint density at radius 1 is 1.10 bits per heavy atom. The van der Waals surface area contributed by atoms with Crippen molar-refractivity contribution in [3.05, 3.63) is 54.6 Å². The van der Waals surface area contributed by atoms with Gasteiger partial charge in [-0.15, -0.1) is 0 Å². The first-order valence-electron chi connectivity index (χ1n) is 6.53. The summed E-state index contributed by atoms with van der Waals surface area (Å²) < 4.78 is 5.43. The summed E-state index contributed by atoms with van der Waals surface area (Å²) in [7, 11) is 1.94. The number of anilines is 2. The summed E-state index contributed by atoms with van der Waals surface area (Å²) in [6.07, 6.45) is 0. The maximum absolute atomic E-state index is 5.43. The van der Waals surface area contributed by atoms with E-state index in [1.165, 1.54) is 0 Å². The largest absolute Gasteiger partial charge is 0.494 e. The van der Waals surface area contributed by atoms with E-state index in [0.717, 1.165) is 17.1 Å². The Labute approximate surface area is 125 Å². The summed E-state index contributed by atoms with van der Waals surface area (Å²) in [6.45, 7) is 2.64. The van der Waals surface area contributed by atoms with Crippen LogP contribution in [0.25, 0.3) is 0 Å². The van der Waals surface area contributed by atoms with Gasteiger partial charge in [-0.3, -0.25) is 0 Å². The van der Waals surface area contributed by atoms with Gasteiger partial charge in [0.2, 0.25) is 0 Å². The van der Waals surface area contributed by atoms with E-state index in [9.17, 15) is 0 Å². The van der Waals surface area contributed by atoms with Gasteiger partial charge in [-0.05, 0) is 55.5 Å². The molecule has 1 N–H and O–H groups in total. The number of nitrogens with one attached hydrogen (secondary N) is 1. The fourth-order valence-corrected chi connectivity index (χ4v) is 2.00. The second kappa shape index (κ2) is 6.91. The van der Waals surface area contributed by atoms with E-state index in [2.05, 4.69) is 5.32 Å². The molecule has 0 aliphatic rings. The van der Waals surface area contributed by atoms with Gasteiger partial charge in [-0.25, -0.2) is 0 Å². The zero-order valence-electron chi connectivity index (χ0n) is 11.7. The monoisotopic (exact) mass is 286 g/mol. The molecule has 0 radical (unpaired) electrons. The molecule has 2 rings (SSSR count). The van der Waals surface area contributed by atoms with Gasteiger partial charge in [-0.1, -0.05) is 18.2 Å². The Morgan fingerprint density at radius 3 is 2.35 bits per heavy atom. The Bertz CT molecular complexity index is 554. The molecule has 0 saturated carbocycles. The zero-order chi connectivity index (χ0) is 14.4. The summed E-state index contributed by atoms with van der Waals surface area (Å²) in [5.41, 5.74) is 2.00. The third-order valence-corrected chi connectivity index (χ3v) is 3.24. The second-order valence-electron chi connectivity index (χ2n) is 4.28. The van der Waals surface area contributed by atoms with Gasteiger partial charge in [-0.2, -0.15) is 0 Å². The average Bonchev–Trinajstić information content (AvgIpc) is 2.48. The zero-order valence-corrected chi connectivity index (χ0v) is 12.5. The lowest BCUT2D eigenvalue weighted by Gasteiger charge is -2.21. The SMILES string of the molecule is CCOc1ccc(N(C)C(=S)Nc2ccccc2)cc1. The molecule has 20 heavy (non-hydrogen) atoms. The second-order valence-corrected chi connectivity index (χ2v) is 4.67. The van der Waals surface area contributed by atoms with Gasteiger partial charge in [0.1, 0.15) is 5.75 Å². The third-order valence-electron chi connectivity index (χ3n) is 2.86. The molecule has 0 aliphatic carbocycles. The number of nitrogens with zero attached hydrogens (tertiary/aromatic N) is 1. The van der Waals surface area contributed by atoms with Crippen LogP contribution in [0, 0.1) is 0 Å². The number of para-hydroxylation sites is 1. The molecular formula is C16H18N2OS. The average molecular weight is 286 g/mol. The maximum Gasteiger partial charge on any atom is 0.177 e. The van der Waals surface area contributed by atoms with Crippen LogP contribution in [0.4, 0.5) is 11.4 Å². The first-order valence-corrected chi connectivity index (χ1v) is 6.94. The fourth-order valence-electron chi connectivity index (χ4n) is 1.78. The van der Waals surface area contributed by atoms with Crippen molar-refractivity contribution < 1.29 is 4.74 Å². The van der Waals surface area contributed by atoms with Crippen molar-refractivity contribution in [1.82, 2.24) is 0 Å². The lowest BCUT2D eigenvalue weighted by Crippen LogP contribution is -2.30. The fraction of sp³-hybridized carbons (Fsp3) is 0.188. The molecule has 0 atom stereocenters. The van der Waals surface area contributed by atoms with Crippen LogP contribution >= 0.6 is 12.2 Å². The highest BCUT2D eigenvalue weighted by molar-refractivity contribution is 7.80. The highest BCUT2D eigenvalue weighted by Crippen LogP contribution is 2.19. The number of ether oxygens (including phenoxy) is 1. The standard InChI is InChI=1S/C16H18N2OS/c1-3-19-15-11-9-14(10-12-15)18(2)16(20)17-13-7-5-4-6-8-13/h4-12H,3H2,1-2H3,(H,17,20). The van der Waals surface area contributed by atoms with Crippen molar-refractivity contribution >= 4 is 28.7 Å². The van der Waals surface area contributed by atoms with Gasteiger partial charge < -0.3 is 15.0 Å². The smallest absolute Gasteiger partial charge is 0.177 e. The minimum absolute atomic E-state index is 0.653. The number of thiocarbonyl (C=S) groups is 1. The normalized spacial score (nSPS) is 9.90. The predicted octanol–water partition coefficient (Wildman–Crippen LogP) is 3.92. The van der Waals surface area contributed by atoms with E-state index in [1.54, 1.807) is 0 Å². The van der Waals surface area contributed by atoms with Crippen LogP contribution in [-0.4, -0.2) is 18.8 Å². The number of rotatable bonds is 4. The molecule has 0 bridgehead atoms. The molecule has 2 aromatic rings. The van der Waals surface area contributed by atoms with E-state index < -0.39 is 0 Å². The van der Waals surface area contributed by atoms with Crippen LogP contribution in [0.3, 0.4) is 0 Å². The molecule has 104 valence electrons. The molecule has 3 nitrogen and oxygen atoms in total. The molecule has 0 unspecified atom stereocenters. The summed E-state index contributed by atoms with van der Waals surface area (Å²) in [4.78, 5) is 1.93. The molecule has 0 aromatic heterocycles. The first kappa shape index (κ1) is 14.3. The highest BCUT2D eigenvalue weighted by Gasteiger charge is 2.07. The molecule has 0 amide bonds. The number of hydrogen-bond acceptors (Lipinski definition) is 2. The van der Waals surface area contributed by atoms with E-state index in [0.29, 0.717) is 11.7 Å². The minimum Gasteiger partial charge on any atom is -0.494 e. The number of hydrogen-bond donors (Lipinski definition) is 1. The van der Waals surface area contributed by atoms with Crippen molar-refractivity contribution in [1.29, 1.82) is 0 Å². The Morgan fingerprint density at radius 2 is 1.75 bits per heavy atom.